The number of hydrogen-bond acceptors (Lipinski definition) is 6. The fourth-order valence-corrected chi connectivity index (χ4v) is 3.74. The van der Waals surface area contributed by atoms with E-state index in [1.165, 1.54) is 24.4 Å². The summed E-state index contributed by atoms with van der Waals surface area (Å²) < 4.78 is 21.2. The van der Waals surface area contributed by atoms with Crippen LogP contribution in [0.3, 0.4) is 0 Å². The molecule has 0 saturated heterocycles. The van der Waals surface area contributed by atoms with E-state index < -0.39 is 5.82 Å². The number of benzene rings is 1. The van der Waals surface area contributed by atoms with Gasteiger partial charge in [-0.15, -0.1) is 0 Å². The number of ether oxygens (including phenoxy) is 1. The topological polar surface area (TPSA) is 98.1 Å². The molecule has 0 aliphatic carbocycles. The lowest BCUT2D eigenvalue weighted by molar-refractivity contribution is 0.0745. The molecule has 0 fully saturated rings. The van der Waals surface area contributed by atoms with Gasteiger partial charge in [0.15, 0.2) is 5.65 Å². The molecule has 0 bridgehead atoms. The number of aliphatic imine (C=N–C) groups is 1. The van der Waals surface area contributed by atoms with Crippen molar-refractivity contribution >= 4 is 29.4 Å². The molecule has 32 heavy (non-hydrogen) atoms. The number of fused-ring (bicyclic) bond motifs is 3. The van der Waals surface area contributed by atoms with E-state index in [0.717, 1.165) is 17.0 Å². The molecule has 1 amide bonds. The molecule has 4 rings (SSSR count). The number of allylic oxidation sites excluding steroid dienone is 1. The van der Waals surface area contributed by atoms with Crippen LogP contribution in [0.4, 0.5) is 4.39 Å². The second-order valence-corrected chi connectivity index (χ2v) is 7.73. The minimum atomic E-state index is -0.486. The van der Waals surface area contributed by atoms with E-state index in [1.54, 1.807) is 21.7 Å². The highest BCUT2D eigenvalue weighted by Gasteiger charge is 2.31. The highest BCUT2D eigenvalue weighted by atomic mass is 35.5. The summed E-state index contributed by atoms with van der Waals surface area (Å²) in [6.07, 6.45) is 4.50. The summed E-state index contributed by atoms with van der Waals surface area (Å²) in [6, 6.07) is 3.88. The van der Waals surface area contributed by atoms with Crippen LogP contribution in [0.25, 0.3) is 5.65 Å². The fraction of sp³-hybridized carbons (Fsp3) is 0.273. The molecule has 1 aromatic carbocycles. The van der Waals surface area contributed by atoms with Crippen LogP contribution in [0.5, 0.6) is 5.75 Å². The van der Waals surface area contributed by atoms with Crippen molar-refractivity contribution in [2.75, 3.05) is 13.2 Å². The highest BCUT2D eigenvalue weighted by molar-refractivity contribution is 6.31. The van der Waals surface area contributed by atoms with Gasteiger partial charge in [-0.1, -0.05) is 11.6 Å². The Morgan fingerprint density at radius 3 is 2.97 bits per heavy atom. The van der Waals surface area contributed by atoms with Gasteiger partial charge in [-0.25, -0.2) is 13.9 Å². The Morgan fingerprint density at radius 1 is 1.38 bits per heavy atom. The fourth-order valence-electron chi connectivity index (χ4n) is 3.61. The third-order valence-electron chi connectivity index (χ3n) is 5.20. The molecule has 0 saturated carbocycles. The summed E-state index contributed by atoms with van der Waals surface area (Å²) in [4.78, 5) is 23.5. The quantitative estimate of drug-likeness (QED) is 0.453. The minimum Gasteiger partial charge on any atom is -0.491 e. The Balaban J connectivity index is 1.54. The van der Waals surface area contributed by atoms with Gasteiger partial charge in [-0.2, -0.15) is 5.10 Å². The van der Waals surface area contributed by atoms with Crippen molar-refractivity contribution < 1.29 is 13.9 Å². The molecule has 0 spiro atoms. The predicted molar refractivity (Wildman–Crippen MR) is 120 cm³/mol. The zero-order valence-corrected chi connectivity index (χ0v) is 18.4. The Morgan fingerprint density at radius 2 is 2.19 bits per heavy atom. The summed E-state index contributed by atoms with van der Waals surface area (Å²) in [5.74, 6) is -0.580. The van der Waals surface area contributed by atoms with Crippen LogP contribution in [0.2, 0.25) is 5.02 Å². The van der Waals surface area contributed by atoms with Gasteiger partial charge in [0.05, 0.1) is 47.3 Å². The van der Waals surface area contributed by atoms with Crippen LogP contribution < -0.4 is 10.5 Å². The van der Waals surface area contributed by atoms with Crippen molar-refractivity contribution in [1.29, 1.82) is 0 Å². The van der Waals surface area contributed by atoms with Crippen molar-refractivity contribution in [3.05, 3.63) is 69.5 Å². The molecule has 3 aromatic rings. The number of aryl methyl sites for hydroxylation is 2. The van der Waals surface area contributed by atoms with Crippen LogP contribution in [-0.4, -0.2) is 44.8 Å². The Labute approximate surface area is 189 Å². The van der Waals surface area contributed by atoms with E-state index >= 15 is 0 Å². The number of nitrogens with zero attached hydrogens (tertiary/aromatic N) is 5. The lowest BCUT2D eigenvalue weighted by Gasteiger charge is -2.18. The normalized spacial score (nSPS) is 13.6. The van der Waals surface area contributed by atoms with E-state index in [-0.39, 0.29) is 23.8 Å². The summed E-state index contributed by atoms with van der Waals surface area (Å²) in [5, 5.41) is 5.17. The monoisotopic (exact) mass is 456 g/mol. The maximum atomic E-state index is 13.8. The number of amides is 1. The first-order chi connectivity index (χ1) is 15.4. The molecule has 0 atom stereocenters. The third kappa shape index (κ3) is 4.03. The Hall–Kier alpha value is -3.46. The summed E-state index contributed by atoms with van der Waals surface area (Å²) in [5.41, 5.74) is 9.37. The number of hydrogen-bond donors (Lipinski definition) is 1. The Kier molecular flexibility index (Phi) is 6.09. The molecular formula is C22H22ClFN6O2. The molecule has 2 aromatic heterocycles. The van der Waals surface area contributed by atoms with Gasteiger partial charge in [-0.05, 0) is 38.3 Å². The number of carbonyl (C=O) groups excluding carboxylic acids is 1. The second-order valence-electron chi connectivity index (χ2n) is 7.35. The number of aromatic nitrogens is 3. The molecule has 0 unspecified atom stereocenters. The van der Waals surface area contributed by atoms with Gasteiger partial charge in [0.1, 0.15) is 18.2 Å². The molecule has 166 valence electrons. The van der Waals surface area contributed by atoms with Gasteiger partial charge in [0, 0.05) is 17.8 Å². The van der Waals surface area contributed by atoms with Gasteiger partial charge >= 0.3 is 0 Å². The first kappa shape index (κ1) is 21.8. The number of carbonyl (C=O) groups is 1. The van der Waals surface area contributed by atoms with Crippen molar-refractivity contribution in [3.8, 4) is 5.75 Å². The predicted octanol–water partition coefficient (Wildman–Crippen LogP) is 3.22. The molecular weight excluding hydrogens is 435 g/mol. The van der Waals surface area contributed by atoms with Crippen LogP contribution >= 0.6 is 11.6 Å². The average molecular weight is 457 g/mol. The molecule has 0 radical (unpaired) electrons. The second kappa shape index (κ2) is 8.96. The lowest BCUT2D eigenvalue weighted by Crippen LogP contribution is -2.26. The molecule has 1 aliphatic heterocycles. The maximum absolute atomic E-state index is 13.8. The van der Waals surface area contributed by atoms with E-state index in [2.05, 4.69) is 15.1 Å². The number of rotatable bonds is 6. The van der Waals surface area contributed by atoms with Crippen molar-refractivity contribution in [1.82, 2.24) is 19.5 Å². The van der Waals surface area contributed by atoms with Gasteiger partial charge in [0.2, 0.25) is 0 Å². The first-order valence-corrected chi connectivity index (χ1v) is 10.4. The van der Waals surface area contributed by atoms with Crippen LogP contribution in [0, 0.1) is 19.7 Å². The summed E-state index contributed by atoms with van der Waals surface area (Å²) in [6.45, 7) is 4.92. The average Bonchev–Trinajstić information content (AvgIpc) is 3.33. The SMILES string of the molecule is Cc1nc2c3c(nn2c(C)c1Cl)CN(C(=O)c1ccc(F)cc1OCCN=CC=CN)C3. The van der Waals surface area contributed by atoms with E-state index in [0.29, 0.717) is 36.0 Å². The van der Waals surface area contributed by atoms with Gasteiger partial charge in [0.25, 0.3) is 5.91 Å². The summed E-state index contributed by atoms with van der Waals surface area (Å²) in [7, 11) is 0. The third-order valence-corrected chi connectivity index (χ3v) is 5.74. The molecule has 10 heteroatoms. The van der Waals surface area contributed by atoms with E-state index in [1.807, 2.05) is 13.8 Å². The highest BCUT2D eigenvalue weighted by Crippen LogP contribution is 2.31. The molecule has 8 nitrogen and oxygen atoms in total. The molecule has 3 heterocycles. The lowest BCUT2D eigenvalue weighted by atomic mass is 10.1. The standard InChI is InChI=1S/C22H22ClFN6O2/c1-13-20(23)14(2)30-21(27-13)17-11-29(12-18(17)28-30)22(31)16-5-4-15(24)10-19(16)32-9-8-26-7-3-6-25/h3-7,10H,8-9,11-12,25H2,1-2H3. The van der Waals surface area contributed by atoms with Crippen LogP contribution in [0.15, 0.2) is 35.5 Å². The van der Waals surface area contributed by atoms with Crippen molar-refractivity contribution in [2.24, 2.45) is 10.7 Å². The smallest absolute Gasteiger partial charge is 0.258 e. The summed E-state index contributed by atoms with van der Waals surface area (Å²) >= 11 is 6.30. The van der Waals surface area contributed by atoms with Crippen molar-refractivity contribution in [3.63, 3.8) is 0 Å². The molecule has 1 aliphatic rings. The largest absolute Gasteiger partial charge is 0.491 e. The zero-order valence-electron chi connectivity index (χ0n) is 17.7. The molecule has 2 N–H and O–H groups in total. The van der Waals surface area contributed by atoms with Crippen LogP contribution in [0.1, 0.15) is 33.0 Å². The van der Waals surface area contributed by atoms with Gasteiger partial charge in [-0.3, -0.25) is 9.79 Å². The Bertz CT molecular complexity index is 1250. The zero-order chi connectivity index (χ0) is 22.8. The first-order valence-electron chi connectivity index (χ1n) is 10.0. The minimum absolute atomic E-state index is 0.176. The van der Waals surface area contributed by atoms with Crippen LogP contribution in [-0.2, 0) is 13.1 Å². The number of nitrogens with two attached hydrogens (primary N) is 1. The maximum Gasteiger partial charge on any atom is 0.258 e. The van der Waals surface area contributed by atoms with E-state index in [4.69, 9.17) is 22.1 Å². The van der Waals surface area contributed by atoms with E-state index in [9.17, 15) is 9.18 Å². The number of halogens is 2. The van der Waals surface area contributed by atoms with Gasteiger partial charge < -0.3 is 15.4 Å². The van der Waals surface area contributed by atoms with Crippen molar-refractivity contribution in [2.45, 2.75) is 26.9 Å².